The van der Waals surface area contributed by atoms with Crippen LogP contribution >= 0.6 is 0 Å². The van der Waals surface area contributed by atoms with Gasteiger partial charge in [-0.25, -0.2) is 8.42 Å². The Labute approximate surface area is 122 Å². The maximum Gasteiger partial charge on any atom is 0.181 e. The van der Waals surface area contributed by atoms with Crippen LogP contribution in [0.2, 0.25) is 0 Å². The minimum atomic E-state index is -3.27. The van der Waals surface area contributed by atoms with Crippen molar-refractivity contribution in [2.75, 3.05) is 12.3 Å². The zero-order valence-corrected chi connectivity index (χ0v) is 14.1. The van der Waals surface area contributed by atoms with Crippen LogP contribution in [-0.2, 0) is 15.3 Å². The lowest BCUT2D eigenvalue weighted by molar-refractivity contribution is 0.438. The first-order valence-electron chi connectivity index (χ1n) is 6.86. The SMILES string of the molecule is CC(C)(C)NCCS(=O)(=O)c1ccc(C(C)(C)C)nc1. The molecule has 4 nitrogen and oxygen atoms in total. The largest absolute Gasteiger partial charge is 0.311 e. The maximum absolute atomic E-state index is 12.2. The van der Waals surface area contributed by atoms with Crippen molar-refractivity contribution in [3.63, 3.8) is 0 Å². The van der Waals surface area contributed by atoms with E-state index in [1.165, 1.54) is 6.20 Å². The fourth-order valence-electron chi connectivity index (χ4n) is 1.69. The molecule has 0 aromatic carbocycles. The zero-order chi connectivity index (χ0) is 15.6. The Morgan fingerprint density at radius 2 is 1.70 bits per heavy atom. The summed E-state index contributed by atoms with van der Waals surface area (Å²) < 4.78 is 24.4. The van der Waals surface area contributed by atoms with Gasteiger partial charge >= 0.3 is 0 Å². The summed E-state index contributed by atoms with van der Waals surface area (Å²) in [5, 5.41) is 3.18. The summed E-state index contributed by atoms with van der Waals surface area (Å²) >= 11 is 0. The second-order valence-electron chi connectivity index (χ2n) is 7.12. The molecule has 1 heterocycles. The minimum Gasteiger partial charge on any atom is -0.311 e. The van der Waals surface area contributed by atoms with Gasteiger partial charge in [0, 0.05) is 29.4 Å². The number of hydrogen-bond acceptors (Lipinski definition) is 4. The third kappa shape index (κ3) is 5.21. The molecule has 5 heteroatoms. The van der Waals surface area contributed by atoms with Crippen molar-refractivity contribution in [2.45, 2.75) is 57.4 Å². The summed E-state index contributed by atoms with van der Waals surface area (Å²) in [4.78, 5) is 4.57. The zero-order valence-electron chi connectivity index (χ0n) is 13.3. The number of sulfone groups is 1. The number of hydrogen-bond donors (Lipinski definition) is 1. The third-order valence-electron chi connectivity index (χ3n) is 2.89. The van der Waals surface area contributed by atoms with E-state index in [0.29, 0.717) is 11.4 Å². The molecule has 0 aliphatic rings. The van der Waals surface area contributed by atoms with E-state index < -0.39 is 9.84 Å². The Bertz CT molecular complexity index is 535. The van der Waals surface area contributed by atoms with E-state index in [1.807, 2.05) is 20.8 Å². The first-order chi connectivity index (χ1) is 8.92. The van der Waals surface area contributed by atoms with E-state index in [9.17, 15) is 8.42 Å². The summed E-state index contributed by atoms with van der Waals surface area (Å²) in [6, 6.07) is 3.45. The van der Waals surface area contributed by atoms with Gasteiger partial charge in [0.15, 0.2) is 9.84 Å². The molecule has 0 spiro atoms. The predicted octanol–water partition coefficient (Wildman–Crippen LogP) is 2.54. The van der Waals surface area contributed by atoms with Crippen LogP contribution in [0.15, 0.2) is 23.2 Å². The van der Waals surface area contributed by atoms with Crippen molar-refractivity contribution in [1.82, 2.24) is 10.3 Å². The van der Waals surface area contributed by atoms with Crippen LogP contribution in [0.3, 0.4) is 0 Å². The Morgan fingerprint density at radius 1 is 1.10 bits per heavy atom. The fourth-order valence-corrected chi connectivity index (χ4v) is 2.78. The summed E-state index contributed by atoms with van der Waals surface area (Å²) in [5.41, 5.74) is 0.740. The van der Waals surface area contributed by atoms with Gasteiger partial charge in [0.1, 0.15) is 0 Å². The number of nitrogens with one attached hydrogen (secondary N) is 1. The predicted molar refractivity (Wildman–Crippen MR) is 82.7 cm³/mol. The van der Waals surface area contributed by atoms with Crippen molar-refractivity contribution < 1.29 is 8.42 Å². The molecule has 0 amide bonds. The van der Waals surface area contributed by atoms with Crippen LogP contribution in [-0.4, -0.2) is 31.2 Å². The minimum absolute atomic E-state index is 0.0733. The van der Waals surface area contributed by atoms with E-state index in [1.54, 1.807) is 12.1 Å². The number of pyridine rings is 1. The van der Waals surface area contributed by atoms with E-state index in [2.05, 4.69) is 31.1 Å². The summed E-state index contributed by atoms with van der Waals surface area (Å²) in [6.45, 7) is 12.6. The van der Waals surface area contributed by atoms with Gasteiger partial charge in [0.2, 0.25) is 0 Å². The molecule has 0 aliphatic carbocycles. The molecule has 0 atom stereocenters. The first kappa shape index (κ1) is 17.1. The molecular weight excluding hydrogens is 272 g/mol. The van der Waals surface area contributed by atoms with Crippen molar-refractivity contribution in [3.8, 4) is 0 Å². The lowest BCUT2D eigenvalue weighted by Gasteiger charge is -2.20. The molecule has 114 valence electrons. The van der Waals surface area contributed by atoms with Crippen molar-refractivity contribution in [1.29, 1.82) is 0 Å². The topological polar surface area (TPSA) is 59.1 Å². The molecule has 0 bridgehead atoms. The number of aromatic nitrogens is 1. The Morgan fingerprint density at radius 3 is 2.10 bits per heavy atom. The van der Waals surface area contributed by atoms with Gasteiger partial charge in [-0.3, -0.25) is 4.98 Å². The second kappa shape index (κ2) is 5.82. The normalized spacial score (nSPS) is 13.5. The van der Waals surface area contributed by atoms with Gasteiger partial charge in [-0.15, -0.1) is 0 Å². The molecule has 20 heavy (non-hydrogen) atoms. The summed E-state index contributed by atoms with van der Waals surface area (Å²) in [7, 11) is -3.27. The Kier molecular flexibility index (Phi) is 4.98. The van der Waals surface area contributed by atoms with E-state index in [-0.39, 0.29) is 16.7 Å². The van der Waals surface area contributed by atoms with Crippen LogP contribution < -0.4 is 5.32 Å². The van der Waals surface area contributed by atoms with Crippen molar-refractivity contribution in [3.05, 3.63) is 24.0 Å². The molecule has 0 radical (unpaired) electrons. The Hall–Kier alpha value is -0.940. The quantitative estimate of drug-likeness (QED) is 0.928. The lowest BCUT2D eigenvalue weighted by Crippen LogP contribution is -2.38. The highest BCUT2D eigenvalue weighted by molar-refractivity contribution is 7.91. The average molecular weight is 298 g/mol. The van der Waals surface area contributed by atoms with Gasteiger partial charge in [0.05, 0.1) is 10.6 Å². The molecule has 0 fully saturated rings. The standard InChI is InChI=1S/C15H26N2O2S/c1-14(2,3)13-8-7-12(11-16-13)20(18,19)10-9-17-15(4,5)6/h7-8,11,17H,9-10H2,1-6H3. The van der Waals surface area contributed by atoms with Crippen LogP contribution in [0, 0.1) is 0 Å². The fraction of sp³-hybridized carbons (Fsp3) is 0.667. The third-order valence-corrected chi connectivity index (χ3v) is 4.59. The summed E-state index contributed by atoms with van der Waals surface area (Å²) in [6.07, 6.45) is 1.47. The molecule has 1 aromatic rings. The van der Waals surface area contributed by atoms with E-state index in [0.717, 1.165) is 5.69 Å². The van der Waals surface area contributed by atoms with Crippen LogP contribution in [0.25, 0.3) is 0 Å². The van der Waals surface area contributed by atoms with Gasteiger partial charge in [-0.05, 0) is 32.9 Å². The molecule has 0 unspecified atom stereocenters. The molecular formula is C15H26N2O2S. The van der Waals surface area contributed by atoms with Gasteiger partial charge < -0.3 is 5.32 Å². The van der Waals surface area contributed by atoms with Crippen LogP contribution in [0.1, 0.15) is 47.2 Å². The number of nitrogens with zero attached hydrogens (tertiary/aromatic N) is 1. The lowest BCUT2D eigenvalue weighted by atomic mass is 9.92. The van der Waals surface area contributed by atoms with Crippen molar-refractivity contribution in [2.24, 2.45) is 0 Å². The van der Waals surface area contributed by atoms with Crippen LogP contribution in [0.4, 0.5) is 0 Å². The molecule has 1 rings (SSSR count). The molecule has 0 saturated heterocycles. The first-order valence-corrected chi connectivity index (χ1v) is 8.51. The van der Waals surface area contributed by atoms with Gasteiger partial charge in [-0.2, -0.15) is 0 Å². The van der Waals surface area contributed by atoms with Crippen molar-refractivity contribution >= 4 is 9.84 Å². The van der Waals surface area contributed by atoms with E-state index in [4.69, 9.17) is 0 Å². The maximum atomic E-state index is 12.2. The average Bonchev–Trinajstić information content (AvgIpc) is 2.26. The van der Waals surface area contributed by atoms with Crippen LogP contribution in [0.5, 0.6) is 0 Å². The summed E-state index contributed by atoms with van der Waals surface area (Å²) in [5.74, 6) is 0.0841. The second-order valence-corrected chi connectivity index (χ2v) is 9.23. The highest BCUT2D eigenvalue weighted by Gasteiger charge is 2.19. The molecule has 1 N–H and O–H groups in total. The smallest absolute Gasteiger partial charge is 0.181 e. The Balaban J connectivity index is 2.78. The number of rotatable bonds is 4. The molecule has 0 saturated carbocycles. The molecule has 0 aliphatic heterocycles. The monoisotopic (exact) mass is 298 g/mol. The van der Waals surface area contributed by atoms with Gasteiger partial charge in [0.25, 0.3) is 0 Å². The highest BCUT2D eigenvalue weighted by Crippen LogP contribution is 2.21. The van der Waals surface area contributed by atoms with Gasteiger partial charge in [-0.1, -0.05) is 20.8 Å². The highest BCUT2D eigenvalue weighted by atomic mass is 32.2. The molecule has 1 aromatic heterocycles. The van der Waals surface area contributed by atoms with E-state index >= 15 is 0 Å².